The molecule has 2 amide bonds. The molecule has 4 rings (SSSR count). The number of ether oxygens (including phenoxy) is 1. The number of hydrogen-bond acceptors (Lipinski definition) is 8. The van der Waals surface area contributed by atoms with E-state index in [1.807, 2.05) is 0 Å². The molecule has 0 unspecified atom stereocenters. The van der Waals surface area contributed by atoms with Gasteiger partial charge in [0.15, 0.2) is 5.16 Å². The number of urea groups is 1. The van der Waals surface area contributed by atoms with Crippen LogP contribution in [0.4, 0.5) is 4.79 Å². The average Bonchev–Trinajstić information content (AvgIpc) is 3.38. The molecule has 0 spiro atoms. The van der Waals surface area contributed by atoms with E-state index in [4.69, 9.17) is 9.15 Å². The molecule has 11 heteroatoms. The second-order valence-electron chi connectivity index (χ2n) is 5.96. The van der Waals surface area contributed by atoms with Crippen molar-refractivity contribution in [3.63, 3.8) is 0 Å². The molecule has 9 nitrogen and oxygen atoms in total. The first-order valence-electron chi connectivity index (χ1n) is 8.68. The Morgan fingerprint density at radius 1 is 1.38 bits per heavy atom. The van der Waals surface area contributed by atoms with Gasteiger partial charge in [0.05, 0.1) is 23.8 Å². The van der Waals surface area contributed by atoms with E-state index in [1.54, 1.807) is 30.5 Å². The van der Waals surface area contributed by atoms with Crippen LogP contribution in [0.1, 0.15) is 18.7 Å². The topological polar surface area (TPSA) is 126 Å². The Labute approximate surface area is 172 Å². The fraction of sp³-hybridized carbons (Fsp3) is 0.222. The third-order valence-corrected chi connectivity index (χ3v) is 5.85. The summed E-state index contributed by atoms with van der Waals surface area (Å²) in [6, 6.07) is 3.81. The molecule has 1 aliphatic heterocycles. The predicted octanol–water partition coefficient (Wildman–Crippen LogP) is 2.54. The zero-order valence-electron chi connectivity index (χ0n) is 15.2. The maximum Gasteiger partial charge on any atom is 0.338 e. The molecule has 3 aromatic rings. The molecule has 0 bridgehead atoms. The largest absolute Gasteiger partial charge is 0.467 e. The number of aromatic nitrogens is 2. The quantitative estimate of drug-likeness (QED) is 0.310. The monoisotopic (exact) mass is 432 g/mol. The standard InChI is InChI=1S/C18H16N4O5S2/c1-2-26-16(24)12-10(19-17(25)20-13(12)11-4-3-6-27-11)8-29-18-21-14(23)9-5-7-28-15(9)22-18/h3-7,13H,2,8H2,1H3,(H2,19,20,25)(H,21,22,23)/t13-/m1/s1. The first-order chi connectivity index (χ1) is 14.1. The number of nitrogens with one attached hydrogen (secondary N) is 3. The Morgan fingerprint density at radius 3 is 3.00 bits per heavy atom. The van der Waals surface area contributed by atoms with Crippen molar-refractivity contribution in [2.75, 3.05) is 12.4 Å². The maximum atomic E-state index is 12.6. The number of rotatable bonds is 6. The van der Waals surface area contributed by atoms with Crippen molar-refractivity contribution in [2.24, 2.45) is 0 Å². The highest BCUT2D eigenvalue weighted by Gasteiger charge is 2.35. The first-order valence-corrected chi connectivity index (χ1v) is 10.5. The molecule has 3 aromatic heterocycles. The van der Waals surface area contributed by atoms with Crippen LogP contribution in [0.2, 0.25) is 0 Å². The van der Waals surface area contributed by atoms with E-state index in [-0.39, 0.29) is 23.5 Å². The van der Waals surface area contributed by atoms with Gasteiger partial charge in [-0.05, 0) is 30.5 Å². The molecule has 0 fully saturated rings. The summed E-state index contributed by atoms with van der Waals surface area (Å²) in [5.74, 6) is 0.0441. The summed E-state index contributed by atoms with van der Waals surface area (Å²) in [6.45, 7) is 1.89. The molecule has 0 aliphatic carbocycles. The van der Waals surface area contributed by atoms with Gasteiger partial charge in [0.1, 0.15) is 16.6 Å². The predicted molar refractivity (Wildman–Crippen MR) is 108 cm³/mol. The third-order valence-electron chi connectivity index (χ3n) is 4.14. The van der Waals surface area contributed by atoms with Crippen LogP contribution < -0.4 is 16.2 Å². The normalized spacial score (nSPS) is 16.6. The van der Waals surface area contributed by atoms with Gasteiger partial charge >= 0.3 is 12.0 Å². The van der Waals surface area contributed by atoms with Crippen molar-refractivity contribution in [3.8, 4) is 0 Å². The van der Waals surface area contributed by atoms with Crippen molar-refractivity contribution in [1.82, 2.24) is 20.6 Å². The highest BCUT2D eigenvalue weighted by molar-refractivity contribution is 7.99. The van der Waals surface area contributed by atoms with E-state index in [0.29, 0.717) is 26.8 Å². The van der Waals surface area contributed by atoms with Crippen LogP contribution in [0.25, 0.3) is 10.2 Å². The van der Waals surface area contributed by atoms with E-state index in [9.17, 15) is 14.4 Å². The number of thioether (sulfide) groups is 1. The van der Waals surface area contributed by atoms with Gasteiger partial charge in [-0.3, -0.25) is 4.79 Å². The van der Waals surface area contributed by atoms with Crippen LogP contribution in [-0.2, 0) is 9.53 Å². The zero-order valence-corrected chi connectivity index (χ0v) is 16.8. The van der Waals surface area contributed by atoms with Gasteiger partial charge in [0, 0.05) is 11.4 Å². The number of H-pyrrole nitrogens is 1. The first kappa shape index (κ1) is 19.3. The van der Waals surface area contributed by atoms with Crippen LogP contribution in [0, 0.1) is 0 Å². The molecule has 4 heterocycles. The minimum Gasteiger partial charge on any atom is -0.467 e. The van der Waals surface area contributed by atoms with E-state index in [0.717, 1.165) is 0 Å². The lowest BCUT2D eigenvalue weighted by Crippen LogP contribution is -2.46. The Bertz CT molecular complexity index is 1150. The van der Waals surface area contributed by atoms with Crippen molar-refractivity contribution in [2.45, 2.75) is 18.1 Å². The van der Waals surface area contributed by atoms with Gasteiger partial charge in [-0.15, -0.1) is 11.3 Å². The summed E-state index contributed by atoms with van der Waals surface area (Å²) in [5, 5.41) is 8.06. The van der Waals surface area contributed by atoms with Crippen molar-refractivity contribution in [1.29, 1.82) is 0 Å². The van der Waals surface area contributed by atoms with Gasteiger partial charge in [-0.25, -0.2) is 14.6 Å². The molecule has 0 saturated carbocycles. The minimum absolute atomic E-state index is 0.186. The average molecular weight is 432 g/mol. The van der Waals surface area contributed by atoms with Crippen molar-refractivity contribution in [3.05, 3.63) is 57.2 Å². The Balaban J connectivity index is 1.68. The summed E-state index contributed by atoms with van der Waals surface area (Å²) in [4.78, 5) is 44.7. The lowest BCUT2D eigenvalue weighted by Gasteiger charge is -2.27. The molecular formula is C18H16N4O5S2. The number of carbonyl (C=O) groups is 2. The molecule has 0 aromatic carbocycles. The Hall–Kier alpha value is -3.05. The third kappa shape index (κ3) is 3.91. The summed E-state index contributed by atoms with van der Waals surface area (Å²) < 4.78 is 10.6. The zero-order chi connectivity index (χ0) is 20.4. The fourth-order valence-electron chi connectivity index (χ4n) is 2.90. The van der Waals surface area contributed by atoms with E-state index >= 15 is 0 Å². The number of carbonyl (C=O) groups excluding carboxylic acids is 2. The summed E-state index contributed by atoms with van der Waals surface area (Å²) >= 11 is 2.57. The fourth-order valence-corrected chi connectivity index (χ4v) is 4.56. The van der Waals surface area contributed by atoms with Crippen LogP contribution in [0.3, 0.4) is 0 Å². The van der Waals surface area contributed by atoms with E-state index in [1.165, 1.54) is 29.4 Å². The summed E-state index contributed by atoms with van der Waals surface area (Å²) in [5.41, 5.74) is 0.377. The number of hydrogen-bond donors (Lipinski definition) is 3. The number of thiophene rings is 1. The number of esters is 1. The number of aromatic amines is 1. The molecule has 1 atom stereocenters. The lowest BCUT2D eigenvalue weighted by atomic mass is 10.0. The number of nitrogens with zero attached hydrogens (tertiary/aromatic N) is 1. The van der Waals surface area contributed by atoms with Gasteiger partial charge in [-0.1, -0.05) is 11.8 Å². The number of furan rings is 1. The van der Waals surface area contributed by atoms with Gasteiger partial charge < -0.3 is 24.8 Å². The van der Waals surface area contributed by atoms with Gasteiger partial charge in [-0.2, -0.15) is 0 Å². The highest BCUT2D eigenvalue weighted by atomic mass is 32.2. The molecule has 150 valence electrons. The van der Waals surface area contributed by atoms with Crippen LogP contribution >= 0.6 is 23.1 Å². The van der Waals surface area contributed by atoms with E-state index < -0.39 is 18.0 Å². The van der Waals surface area contributed by atoms with Crippen LogP contribution in [0.5, 0.6) is 0 Å². The molecule has 0 radical (unpaired) electrons. The second-order valence-corrected chi connectivity index (χ2v) is 7.82. The van der Waals surface area contributed by atoms with Crippen molar-refractivity contribution < 1.29 is 18.7 Å². The van der Waals surface area contributed by atoms with Gasteiger partial charge in [0.2, 0.25) is 0 Å². The van der Waals surface area contributed by atoms with Crippen LogP contribution in [-0.4, -0.2) is 34.3 Å². The van der Waals surface area contributed by atoms with Crippen molar-refractivity contribution >= 4 is 45.3 Å². The minimum atomic E-state index is -0.778. The number of fused-ring (bicyclic) bond motifs is 1. The molecule has 29 heavy (non-hydrogen) atoms. The second kappa shape index (κ2) is 8.13. The molecule has 1 aliphatic rings. The Morgan fingerprint density at radius 2 is 2.24 bits per heavy atom. The smallest absolute Gasteiger partial charge is 0.338 e. The summed E-state index contributed by atoms with van der Waals surface area (Å²) in [7, 11) is 0. The van der Waals surface area contributed by atoms with Crippen LogP contribution in [0.15, 0.2) is 55.5 Å². The highest BCUT2D eigenvalue weighted by Crippen LogP contribution is 2.30. The molecule has 3 N–H and O–H groups in total. The Kier molecular flexibility index (Phi) is 5.41. The van der Waals surface area contributed by atoms with E-state index in [2.05, 4.69) is 20.6 Å². The maximum absolute atomic E-state index is 12.6. The lowest BCUT2D eigenvalue weighted by molar-refractivity contribution is -0.139. The molecular weight excluding hydrogens is 416 g/mol. The SMILES string of the molecule is CCOC(=O)C1=C(CSc2nc3sccc3c(=O)[nH]2)NC(=O)N[C@@H]1c1ccco1. The molecule has 0 saturated heterocycles. The summed E-state index contributed by atoms with van der Waals surface area (Å²) in [6.07, 6.45) is 1.46. The number of amides is 2. The van der Waals surface area contributed by atoms with Gasteiger partial charge in [0.25, 0.3) is 5.56 Å².